The van der Waals surface area contributed by atoms with Crippen LogP contribution in [0.2, 0.25) is 0 Å². The van der Waals surface area contributed by atoms with Crippen molar-refractivity contribution in [2.75, 3.05) is 0 Å². The maximum atomic E-state index is 10.3. The monoisotopic (exact) mass is 366 g/mol. The molecule has 0 unspecified atom stereocenters. The summed E-state index contributed by atoms with van der Waals surface area (Å²) in [6, 6.07) is 0. The Labute approximate surface area is 163 Å². The molecule has 1 aromatic rings. The molecule has 1 heterocycles. The van der Waals surface area contributed by atoms with Gasteiger partial charge in [-0.05, 0) is 74.5 Å². The van der Waals surface area contributed by atoms with Gasteiger partial charge in [0.1, 0.15) is 0 Å². The van der Waals surface area contributed by atoms with Crippen molar-refractivity contribution < 1.29 is 5.11 Å². The summed E-state index contributed by atoms with van der Waals surface area (Å²) >= 11 is 0. The zero-order chi connectivity index (χ0) is 19.0. The average Bonchev–Trinajstić information content (AvgIpc) is 3.21. The summed E-state index contributed by atoms with van der Waals surface area (Å²) in [7, 11) is 0. The molecule has 0 aromatic carbocycles. The van der Waals surface area contributed by atoms with Crippen molar-refractivity contribution in [3.05, 3.63) is 35.9 Å². The van der Waals surface area contributed by atoms with E-state index in [4.69, 9.17) is 0 Å². The molecule has 2 saturated carbocycles. The molecule has 0 radical (unpaired) electrons. The molecule has 3 nitrogen and oxygen atoms in total. The third-order valence-electron chi connectivity index (χ3n) is 9.03. The topological polar surface area (TPSA) is 38.0 Å². The molecule has 1 aromatic heterocycles. The van der Waals surface area contributed by atoms with Crippen molar-refractivity contribution in [1.29, 1.82) is 0 Å². The fraction of sp³-hybridized carbons (Fsp3) is 0.708. The third kappa shape index (κ3) is 2.33. The largest absolute Gasteiger partial charge is 0.393 e. The van der Waals surface area contributed by atoms with Crippen LogP contribution in [0.25, 0.3) is 5.70 Å². The van der Waals surface area contributed by atoms with E-state index >= 15 is 0 Å². The summed E-state index contributed by atoms with van der Waals surface area (Å²) in [6.45, 7) is 9.84. The number of nitrogens with zero attached hydrogens (tertiary/aromatic N) is 2. The molecule has 146 valence electrons. The highest BCUT2D eigenvalue weighted by atomic mass is 16.3. The first-order chi connectivity index (χ1) is 12.8. The number of allylic oxidation sites excluding steroid dienone is 3. The van der Waals surface area contributed by atoms with E-state index in [0.29, 0.717) is 11.3 Å². The first-order valence-electron chi connectivity index (χ1n) is 10.9. The zero-order valence-corrected chi connectivity index (χ0v) is 17.3. The highest BCUT2D eigenvalue weighted by molar-refractivity contribution is 5.61. The molecule has 4 aliphatic rings. The average molecular weight is 367 g/mol. The van der Waals surface area contributed by atoms with Gasteiger partial charge in [-0.25, -0.2) is 4.98 Å². The summed E-state index contributed by atoms with van der Waals surface area (Å²) in [4.78, 5) is 4.33. The maximum Gasteiger partial charge on any atom is 0.0989 e. The van der Waals surface area contributed by atoms with Gasteiger partial charge in [-0.15, -0.1) is 0 Å². The fourth-order valence-electron chi connectivity index (χ4n) is 7.82. The number of imidazole rings is 1. The van der Waals surface area contributed by atoms with Crippen molar-refractivity contribution in [1.82, 2.24) is 9.55 Å². The van der Waals surface area contributed by atoms with E-state index in [-0.39, 0.29) is 11.5 Å². The Morgan fingerprint density at radius 3 is 2.63 bits per heavy atom. The minimum atomic E-state index is -0.120. The summed E-state index contributed by atoms with van der Waals surface area (Å²) < 4.78 is 2.29. The van der Waals surface area contributed by atoms with Gasteiger partial charge >= 0.3 is 0 Å². The number of aliphatic hydroxyl groups is 1. The van der Waals surface area contributed by atoms with Crippen molar-refractivity contribution >= 4 is 5.70 Å². The molecule has 0 spiro atoms. The molecule has 0 bridgehead atoms. The van der Waals surface area contributed by atoms with E-state index < -0.39 is 0 Å². The highest BCUT2D eigenvalue weighted by Crippen LogP contribution is 2.67. The lowest BCUT2D eigenvalue weighted by molar-refractivity contribution is -0.0439. The molecule has 27 heavy (non-hydrogen) atoms. The molecule has 4 aliphatic carbocycles. The molecule has 0 aliphatic heterocycles. The van der Waals surface area contributed by atoms with Crippen LogP contribution in [0.3, 0.4) is 0 Å². The Balaban J connectivity index is 1.55. The van der Waals surface area contributed by atoms with Gasteiger partial charge in [-0.2, -0.15) is 0 Å². The van der Waals surface area contributed by atoms with Crippen molar-refractivity contribution in [2.45, 2.75) is 72.3 Å². The second kappa shape index (κ2) is 5.83. The molecule has 1 N–H and O–H groups in total. The molecule has 5 rings (SSSR count). The van der Waals surface area contributed by atoms with Gasteiger partial charge in [0.2, 0.25) is 0 Å². The Kier molecular flexibility index (Phi) is 3.82. The predicted octanol–water partition coefficient (Wildman–Crippen LogP) is 5.29. The van der Waals surface area contributed by atoms with Crippen molar-refractivity contribution in [3.8, 4) is 0 Å². The number of hydrogen-bond acceptors (Lipinski definition) is 2. The summed E-state index contributed by atoms with van der Waals surface area (Å²) in [6.07, 6.45) is 15.4. The van der Waals surface area contributed by atoms with Crippen LogP contribution in [0.5, 0.6) is 0 Å². The van der Waals surface area contributed by atoms with Gasteiger partial charge in [-0.3, -0.25) is 0 Å². The lowest BCUT2D eigenvalue weighted by Crippen LogP contribution is -2.52. The number of rotatable bonds is 1. The van der Waals surface area contributed by atoms with Gasteiger partial charge in [0.15, 0.2) is 0 Å². The summed E-state index contributed by atoms with van der Waals surface area (Å²) in [5, 5.41) is 10.3. The van der Waals surface area contributed by atoms with Gasteiger partial charge in [0, 0.05) is 23.5 Å². The van der Waals surface area contributed by atoms with E-state index in [1.165, 1.54) is 25.0 Å². The van der Waals surface area contributed by atoms with Crippen molar-refractivity contribution in [2.24, 2.45) is 34.5 Å². The van der Waals surface area contributed by atoms with Crippen molar-refractivity contribution in [3.63, 3.8) is 0 Å². The molecule has 0 saturated heterocycles. The van der Waals surface area contributed by atoms with E-state index in [0.717, 1.165) is 37.0 Å². The van der Waals surface area contributed by atoms with E-state index in [1.54, 1.807) is 11.1 Å². The standard InChI is InChI=1S/C24H34N2O/c1-15-11-17-13-18(27)5-7-23(17,3)19-6-8-24(4)20(21(15)19)12-16(2)22(24)26-10-9-25-14-26/h9-11,14-15,18-21,27H,5-8,12-13H2,1-4H3/t15-,18-,19-,20-,21+,23-,24-/m0/s1. The zero-order valence-electron chi connectivity index (χ0n) is 17.3. The second-order valence-electron chi connectivity index (χ2n) is 10.4. The SMILES string of the molecule is CC1=C(n2ccnc2)[C@@]2(C)CC[C@H]3[C@@H]([C@@H](C)C=C4C[C@@H](O)CC[C@@]43C)[C@@H]2C1. The van der Waals surface area contributed by atoms with Crippen LogP contribution in [0, 0.1) is 34.5 Å². The van der Waals surface area contributed by atoms with Gasteiger partial charge in [0.05, 0.1) is 12.4 Å². The number of aliphatic hydroxyl groups excluding tert-OH is 1. The Morgan fingerprint density at radius 2 is 1.89 bits per heavy atom. The lowest BCUT2D eigenvalue weighted by atomic mass is 9.46. The Bertz CT molecular complexity index is 806. The Morgan fingerprint density at radius 1 is 1.11 bits per heavy atom. The van der Waals surface area contributed by atoms with Crippen LogP contribution in [-0.2, 0) is 0 Å². The minimum absolute atomic E-state index is 0.120. The first-order valence-corrected chi connectivity index (χ1v) is 10.9. The molecule has 3 heteroatoms. The minimum Gasteiger partial charge on any atom is -0.393 e. The summed E-state index contributed by atoms with van der Waals surface area (Å²) in [5.74, 6) is 2.87. The number of fused-ring (bicyclic) bond motifs is 5. The van der Waals surface area contributed by atoms with Gasteiger partial charge in [-0.1, -0.05) is 38.0 Å². The van der Waals surface area contributed by atoms with Gasteiger partial charge < -0.3 is 9.67 Å². The Hall–Kier alpha value is -1.35. The van der Waals surface area contributed by atoms with Crippen LogP contribution in [0.4, 0.5) is 0 Å². The van der Waals surface area contributed by atoms with Crippen LogP contribution in [-0.4, -0.2) is 20.8 Å². The van der Waals surface area contributed by atoms with E-state index in [2.05, 4.69) is 49.5 Å². The van der Waals surface area contributed by atoms with E-state index in [1.807, 2.05) is 12.5 Å². The smallest absolute Gasteiger partial charge is 0.0989 e. The third-order valence-corrected chi connectivity index (χ3v) is 9.03. The molecular formula is C24H34N2O. The molecule has 2 fully saturated rings. The van der Waals surface area contributed by atoms with Crippen LogP contribution in [0.15, 0.2) is 35.9 Å². The van der Waals surface area contributed by atoms with Crippen LogP contribution in [0.1, 0.15) is 66.2 Å². The predicted molar refractivity (Wildman–Crippen MR) is 109 cm³/mol. The van der Waals surface area contributed by atoms with Crippen LogP contribution < -0.4 is 0 Å². The quantitative estimate of drug-likeness (QED) is 0.686. The fourth-order valence-corrected chi connectivity index (χ4v) is 7.82. The molecule has 7 atom stereocenters. The highest BCUT2D eigenvalue weighted by Gasteiger charge is 2.59. The first kappa shape index (κ1) is 17.7. The van der Waals surface area contributed by atoms with Gasteiger partial charge in [0.25, 0.3) is 0 Å². The maximum absolute atomic E-state index is 10.3. The number of hydrogen-bond donors (Lipinski definition) is 1. The molecule has 0 amide bonds. The van der Waals surface area contributed by atoms with Crippen LogP contribution >= 0.6 is 0 Å². The van der Waals surface area contributed by atoms with E-state index in [9.17, 15) is 5.11 Å². The second-order valence-corrected chi connectivity index (χ2v) is 10.4. The number of aromatic nitrogens is 2. The summed E-state index contributed by atoms with van der Waals surface area (Å²) in [5.41, 5.74) is 5.22. The lowest BCUT2D eigenvalue weighted by Gasteiger charge is -2.59. The normalized spacial score (nSPS) is 46.6. The molecular weight excluding hydrogens is 332 g/mol.